The number of carbonyl (C=O) groups is 2. The number of benzene rings is 2. The first-order chi connectivity index (χ1) is 17.8. The zero-order chi connectivity index (χ0) is 27.7. The van der Waals surface area contributed by atoms with Gasteiger partial charge in [-0.3, -0.25) is 4.79 Å². The number of alkyl carbamates (subject to hydrolysis) is 1. The number of hydrogen-bond acceptors (Lipinski definition) is 7. The molecule has 2 atom stereocenters. The lowest BCUT2D eigenvalue weighted by atomic mass is 10.2. The van der Waals surface area contributed by atoms with Gasteiger partial charge in [0.15, 0.2) is 20.8 Å². The van der Waals surface area contributed by atoms with E-state index in [-0.39, 0.29) is 29.7 Å². The Bertz CT molecular complexity index is 1370. The van der Waals surface area contributed by atoms with Gasteiger partial charge >= 0.3 is 6.09 Å². The van der Waals surface area contributed by atoms with Crippen LogP contribution < -0.4 is 15.0 Å². The summed E-state index contributed by atoms with van der Waals surface area (Å²) in [5, 5.41) is 3.05. The monoisotopic (exact) mass is 579 g/mol. The third-order valence-electron chi connectivity index (χ3n) is 5.69. The van der Waals surface area contributed by atoms with Gasteiger partial charge in [-0.25, -0.2) is 13.2 Å². The lowest BCUT2D eigenvalue weighted by Crippen LogP contribution is -2.38. The van der Waals surface area contributed by atoms with E-state index in [1.54, 1.807) is 43.9 Å². The molecule has 0 aliphatic carbocycles. The van der Waals surface area contributed by atoms with Crippen LogP contribution in [0.25, 0.3) is 0 Å². The number of thioether (sulfide) groups is 1. The lowest BCUT2D eigenvalue weighted by molar-refractivity contribution is -0.117. The summed E-state index contributed by atoms with van der Waals surface area (Å²) in [6.45, 7) is 7.25. The predicted octanol–water partition coefficient (Wildman–Crippen LogP) is 4.96. The van der Waals surface area contributed by atoms with Crippen molar-refractivity contribution in [3.8, 4) is 11.5 Å². The van der Waals surface area contributed by atoms with E-state index in [9.17, 15) is 18.0 Å². The van der Waals surface area contributed by atoms with E-state index in [0.717, 1.165) is 5.56 Å². The van der Waals surface area contributed by atoms with Crippen LogP contribution >= 0.6 is 23.4 Å². The van der Waals surface area contributed by atoms with E-state index in [1.165, 1.54) is 11.8 Å². The first-order valence-electron chi connectivity index (χ1n) is 12.1. The van der Waals surface area contributed by atoms with Crippen LogP contribution in [0.3, 0.4) is 0 Å². The minimum Gasteiger partial charge on any atom is -0.455 e. The molecule has 0 radical (unpaired) electrons. The summed E-state index contributed by atoms with van der Waals surface area (Å²) in [5.41, 5.74) is 0.891. The number of amides is 2. The molecule has 2 amide bonds. The summed E-state index contributed by atoms with van der Waals surface area (Å²) in [6.07, 6.45) is -0.668. The van der Waals surface area contributed by atoms with Crippen LogP contribution in [0.4, 0.5) is 10.5 Å². The van der Waals surface area contributed by atoms with Gasteiger partial charge in [-0.1, -0.05) is 35.5 Å². The molecule has 204 valence electrons. The van der Waals surface area contributed by atoms with Crippen LogP contribution in [0.5, 0.6) is 11.5 Å². The van der Waals surface area contributed by atoms with Crippen molar-refractivity contribution in [1.82, 2.24) is 5.32 Å². The first kappa shape index (κ1) is 28.3. The maximum atomic E-state index is 12.8. The zero-order valence-corrected chi connectivity index (χ0v) is 24.0. The fourth-order valence-corrected chi connectivity index (χ4v) is 8.26. The SMILES string of the molecule is Cc1cccc(Oc2ccc(Cl)cc2N2C(=NC(=O)CCNC(=O)OC(C)(C)C)S[C@@H]3CS(=O)(=O)C[C@@H]32)c1. The molecule has 2 heterocycles. The van der Waals surface area contributed by atoms with Crippen molar-refractivity contribution in [2.75, 3.05) is 23.0 Å². The standard InChI is InChI=1S/C26H30ClN3O6S2/c1-16-6-5-7-18(12-16)35-21-9-8-17(27)13-19(21)30-20-14-38(33,34)15-22(20)37-24(30)29-23(31)10-11-28-25(32)36-26(2,3)4/h5-9,12-13,20,22H,10-11,14-15H2,1-4H3,(H,28,32)/t20-,22+/m0/s1. The second-order valence-corrected chi connectivity index (χ2v) is 14.0. The summed E-state index contributed by atoms with van der Waals surface area (Å²) < 4.78 is 36.3. The molecular formula is C26H30ClN3O6S2. The van der Waals surface area contributed by atoms with Crippen molar-refractivity contribution in [1.29, 1.82) is 0 Å². The number of carbonyl (C=O) groups excluding carboxylic acids is 2. The Balaban J connectivity index is 1.60. The molecule has 0 spiro atoms. The minimum absolute atomic E-state index is 0.0130. The predicted molar refractivity (Wildman–Crippen MR) is 150 cm³/mol. The molecule has 0 unspecified atom stereocenters. The molecule has 0 aromatic heterocycles. The topological polar surface area (TPSA) is 114 Å². The van der Waals surface area contributed by atoms with Gasteiger partial charge in [0, 0.05) is 23.2 Å². The lowest BCUT2D eigenvalue weighted by Gasteiger charge is -2.27. The number of aryl methyl sites for hydroxylation is 1. The molecular weight excluding hydrogens is 550 g/mol. The number of hydrogen-bond donors (Lipinski definition) is 1. The number of nitrogens with zero attached hydrogens (tertiary/aromatic N) is 2. The highest BCUT2D eigenvalue weighted by atomic mass is 35.5. The third kappa shape index (κ3) is 7.21. The largest absolute Gasteiger partial charge is 0.455 e. The molecule has 2 aliphatic heterocycles. The average molecular weight is 580 g/mol. The number of rotatable bonds is 6. The molecule has 4 rings (SSSR count). The quantitative estimate of drug-likeness (QED) is 0.511. The van der Waals surface area contributed by atoms with E-state index in [4.69, 9.17) is 21.1 Å². The fourth-order valence-electron chi connectivity index (χ4n) is 4.17. The van der Waals surface area contributed by atoms with Crippen LogP contribution in [0.15, 0.2) is 47.5 Å². The van der Waals surface area contributed by atoms with E-state index in [0.29, 0.717) is 27.4 Å². The zero-order valence-electron chi connectivity index (χ0n) is 21.6. The Hall–Kier alpha value is -2.76. The van der Waals surface area contributed by atoms with Crippen LogP contribution in [-0.4, -0.2) is 60.5 Å². The molecule has 2 aromatic carbocycles. The highest BCUT2D eigenvalue weighted by Gasteiger charge is 2.50. The summed E-state index contributed by atoms with van der Waals surface area (Å²) in [7, 11) is -3.26. The molecule has 2 aromatic rings. The summed E-state index contributed by atoms with van der Waals surface area (Å²) in [5.74, 6) is 0.519. The summed E-state index contributed by atoms with van der Waals surface area (Å²) in [6, 6.07) is 12.2. The van der Waals surface area contributed by atoms with Crippen molar-refractivity contribution in [2.45, 2.75) is 51.0 Å². The summed E-state index contributed by atoms with van der Waals surface area (Å²) in [4.78, 5) is 30.7. The molecule has 0 saturated carbocycles. The van der Waals surface area contributed by atoms with Crippen molar-refractivity contribution in [3.05, 3.63) is 53.1 Å². The van der Waals surface area contributed by atoms with Gasteiger partial charge in [-0.05, 0) is 63.6 Å². The second-order valence-electron chi connectivity index (χ2n) is 10.2. The van der Waals surface area contributed by atoms with E-state index in [1.807, 2.05) is 31.2 Å². The Morgan fingerprint density at radius 3 is 2.66 bits per heavy atom. The number of sulfone groups is 1. The summed E-state index contributed by atoms with van der Waals surface area (Å²) >= 11 is 7.60. The van der Waals surface area contributed by atoms with Crippen molar-refractivity contribution in [3.63, 3.8) is 0 Å². The van der Waals surface area contributed by atoms with Crippen LogP contribution in [0.2, 0.25) is 5.02 Å². The number of nitrogens with one attached hydrogen (secondary N) is 1. The Morgan fingerprint density at radius 1 is 1.18 bits per heavy atom. The van der Waals surface area contributed by atoms with Gasteiger partial charge in [-0.2, -0.15) is 4.99 Å². The molecule has 1 N–H and O–H groups in total. The van der Waals surface area contributed by atoms with E-state index < -0.39 is 33.5 Å². The molecule has 2 saturated heterocycles. The van der Waals surface area contributed by atoms with Crippen molar-refractivity contribution < 1.29 is 27.5 Å². The number of anilines is 1. The first-order valence-corrected chi connectivity index (χ1v) is 15.2. The van der Waals surface area contributed by atoms with Gasteiger partial charge in [-0.15, -0.1) is 0 Å². The average Bonchev–Trinajstić information content (AvgIpc) is 3.24. The number of halogens is 1. The molecule has 12 heteroatoms. The smallest absolute Gasteiger partial charge is 0.407 e. The third-order valence-corrected chi connectivity index (χ3v) is 9.14. The normalized spacial score (nSPS) is 21.3. The highest BCUT2D eigenvalue weighted by Crippen LogP contribution is 2.45. The van der Waals surface area contributed by atoms with Crippen molar-refractivity contribution in [2.24, 2.45) is 4.99 Å². The second kappa shape index (κ2) is 11.2. The van der Waals surface area contributed by atoms with Crippen LogP contribution in [0, 0.1) is 6.92 Å². The number of aliphatic imine (C=N–C) groups is 1. The Labute approximate surface area is 231 Å². The molecule has 2 aliphatic rings. The van der Waals surface area contributed by atoms with Gasteiger partial charge in [0.2, 0.25) is 5.91 Å². The maximum absolute atomic E-state index is 12.8. The number of fused-ring (bicyclic) bond motifs is 1. The highest BCUT2D eigenvalue weighted by molar-refractivity contribution is 8.16. The van der Waals surface area contributed by atoms with Gasteiger partial charge < -0.3 is 19.7 Å². The van der Waals surface area contributed by atoms with Gasteiger partial charge in [0.25, 0.3) is 0 Å². The Morgan fingerprint density at radius 2 is 1.95 bits per heavy atom. The molecule has 9 nitrogen and oxygen atoms in total. The Kier molecular flexibility index (Phi) is 8.29. The van der Waals surface area contributed by atoms with Crippen LogP contribution in [-0.2, 0) is 19.4 Å². The van der Waals surface area contributed by atoms with Crippen LogP contribution in [0.1, 0.15) is 32.8 Å². The van der Waals surface area contributed by atoms with Gasteiger partial charge in [0.1, 0.15) is 11.4 Å². The van der Waals surface area contributed by atoms with E-state index >= 15 is 0 Å². The van der Waals surface area contributed by atoms with Crippen molar-refractivity contribution >= 4 is 56.1 Å². The molecule has 0 bridgehead atoms. The number of ether oxygens (including phenoxy) is 2. The molecule has 2 fully saturated rings. The fraction of sp³-hybridized carbons (Fsp3) is 0.423. The van der Waals surface area contributed by atoms with E-state index in [2.05, 4.69) is 10.3 Å². The van der Waals surface area contributed by atoms with Gasteiger partial charge in [0.05, 0.1) is 23.2 Å². The minimum atomic E-state index is -3.26. The molecule has 38 heavy (non-hydrogen) atoms. The maximum Gasteiger partial charge on any atom is 0.407 e. The number of amidine groups is 1.